The van der Waals surface area contributed by atoms with Crippen LogP contribution in [-0.4, -0.2) is 4.57 Å². The van der Waals surface area contributed by atoms with Crippen LogP contribution >= 0.6 is 0 Å². The zero-order chi connectivity index (χ0) is 38.2. The van der Waals surface area contributed by atoms with E-state index in [1.807, 2.05) is 30.3 Å². The molecule has 0 radical (unpaired) electrons. The average molecular weight is 743 g/mol. The number of aromatic nitrogens is 1. The van der Waals surface area contributed by atoms with E-state index in [9.17, 15) is 0 Å². The van der Waals surface area contributed by atoms with Gasteiger partial charge in [0.25, 0.3) is 0 Å². The first-order valence-corrected chi connectivity index (χ1v) is 19.7. The molecule has 0 spiro atoms. The predicted molar refractivity (Wildman–Crippen MR) is 241 cm³/mol. The molecule has 0 amide bonds. The second kappa shape index (κ2) is 12.9. The van der Waals surface area contributed by atoms with Gasteiger partial charge in [-0.2, -0.15) is 0 Å². The lowest BCUT2D eigenvalue weighted by Crippen LogP contribution is -2.11. The van der Waals surface area contributed by atoms with Gasteiger partial charge in [-0.15, -0.1) is 0 Å². The molecular formula is C54H34N2O2. The maximum absolute atomic E-state index is 6.42. The van der Waals surface area contributed by atoms with Crippen molar-refractivity contribution >= 4 is 82.7 Å². The molecule has 3 heterocycles. The number of benzene rings is 9. The van der Waals surface area contributed by atoms with Gasteiger partial charge in [-0.05, 0) is 95.1 Å². The molecule has 12 rings (SSSR count). The Morgan fingerprint density at radius 2 is 0.845 bits per heavy atom. The van der Waals surface area contributed by atoms with Crippen molar-refractivity contribution < 1.29 is 8.83 Å². The molecule has 0 aliphatic heterocycles. The summed E-state index contributed by atoms with van der Waals surface area (Å²) in [7, 11) is 0. The molecule has 3 aromatic heterocycles. The van der Waals surface area contributed by atoms with Crippen LogP contribution in [0.15, 0.2) is 215 Å². The number of hydrogen-bond donors (Lipinski definition) is 0. The Balaban J connectivity index is 0.982. The van der Waals surface area contributed by atoms with Gasteiger partial charge >= 0.3 is 0 Å². The first-order valence-electron chi connectivity index (χ1n) is 19.7. The molecule has 9 aromatic carbocycles. The smallest absolute Gasteiger partial charge is 0.137 e. The summed E-state index contributed by atoms with van der Waals surface area (Å²) in [6.45, 7) is 0. The van der Waals surface area contributed by atoms with Gasteiger partial charge in [0.1, 0.15) is 22.3 Å². The number of hydrogen-bond acceptors (Lipinski definition) is 3. The first kappa shape index (κ1) is 32.4. The lowest BCUT2D eigenvalue weighted by atomic mass is 9.97. The average Bonchev–Trinajstić information content (AvgIpc) is 3.97. The Morgan fingerprint density at radius 3 is 1.52 bits per heavy atom. The summed E-state index contributed by atoms with van der Waals surface area (Å²) < 4.78 is 15.0. The second-order valence-electron chi connectivity index (χ2n) is 14.9. The summed E-state index contributed by atoms with van der Waals surface area (Å²) in [6.07, 6.45) is 0. The monoisotopic (exact) mass is 742 g/mol. The van der Waals surface area contributed by atoms with Crippen LogP contribution in [-0.2, 0) is 0 Å². The SMILES string of the molecule is c1cc(N(c2ccc(-c3ccc(-c4cccc5oc6ccccc6c45)cc3)cc2)c2cccc3oc4ccccc4c23)cc(-n2c3ccccc3c3ccccc32)c1. The van der Waals surface area contributed by atoms with Crippen molar-refractivity contribution in [2.24, 2.45) is 0 Å². The van der Waals surface area contributed by atoms with Crippen molar-refractivity contribution in [1.82, 2.24) is 4.57 Å². The Kier molecular flexibility index (Phi) is 7.20. The molecule has 12 aromatic rings. The number of para-hydroxylation sites is 4. The van der Waals surface area contributed by atoms with Crippen molar-refractivity contribution in [3.05, 3.63) is 206 Å². The van der Waals surface area contributed by atoms with Gasteiger partial charge in [-0.1, -0.05) is 133 Å². The van der Waals surface area contributed by atoms with Crippen molar-refractivity contribution in [1.29, 1.82) is 0 Å². The molecular weight excluding hydrogens is 709 g/mol. The van der Waals surface area contributed by atoms with Crippen molar-refractivity contribution in [2.45, 2.75) is 0 Å². The van der Waals surface area contributed by atoms with Gasteiger partial charge < -0.3 is 18.3 Å². The molecule has 0 unspecified atom stereocenters. The predicted octanol–water partition coefficient (Wildman–Crippen LogP) is 15.4. The minimum Gasteiger partial charge on any atom is -0.456 e. The third-order valence-corrected chi connectivity index (χ3v) is 11.6. The van der Waals surface area contributed by atoms with E-state index in [0.717, 1.165) is 83.3 Å². The fourth-order valence-electron chi connectivity index (χ4n) is 9.00. The van der Waals surface area contributed by atoms with E-state index in [1.54, 1.807) is 0 Å². The van der Waals surface area contributed by atoms with Gasteiger partial charge in [0.05, 0.1) is 22.1 Å². The fraction of sp³-hybridized carbons (Fsp3) is 0. The molecule has 4 heteroatoms. The summed E-state index contributed by atoms with van der Waals surface area (Å²) >= 11 is 0. The van der Waals surface area contributed by atoms with Crippen molar-refractivity contribution in [3.8, 4) is 27.9 Å². The molecule has 0 atom stereocenters. The van der Waals surface area contributed by atoms with E-state index in [0.29, 0.717) is 0 Å². The van der Waals surface area contributed by atoms with Crippen LogP contribution in [0.4, 0.5) is 17.1 Å². The minimum atomic E-state index is 0.859. The number of nitrogens with zero attached hydrogens (tertiary/aromatic N) is 2. The largest absolute Gasteiger partial charge is 0.456 e. The summed E-state index contributed by atoms with van der Waals surface area (Å²) in [5.41, 5.74) is 14.8. The summed E-state index contributed by atoms with van der Waals surface area (Å²) in [5, 5.41) is 6.94. The van der Waals surface area contributed by atoms with E-state index in [1.165, 1.54) is 27.4 Å². The molecule has 0 fully saturated rings. The Hall–Kier alpha value is -7.82. The first-order chi connectivity index (χ1) is 28.8. The molecule has 0 aliphatic rings. The second-order valence-corrected chi connectivity index (χ2v) is 14.9. The minimum absolute atomic E-state index is 0.859. The molecule has 0 aliphatic carbocycles. The van der Waals surface area contributed by atoms with Crippen LogP contribution in [0, 0.1) is 0 Å². The van der Waals surface area contributed by atoms with E-state index in [-0.39, 0.29) is 0 Å². The normalized spacial score (nSPS) is 11.8. The molecule has 0 saturated carbocycles. The zero-order valence-electron chi connectivity index (χ0n) is 31.3. The summed E-state index contributed by atoms with van der Waals surface area (Å²) in [4.78, 5) is 2.37. The molecule has 272 valence electrons. The number of anilines is 3. The number of furan rings is 2. The number of fused-ring (bicyclic) bond motifs is 9. The fourth-order valence-corrected chi connectivity index (χ4v) is 9.00. The van der Waals surface area contributed by atoms with Crippen LogP contribution in [0.25, 0.3) is 93.6 Å². The molecule has 4 nitrogen and oxygen atoms in total. The standard InChI is InChI=1S/C54H34N2O2/c1-5-19-46-42(14-1)43-15-2-6-20-47(43)56(46)40-13-9-12-39(34-40)55(48-21-11-25-52-54(48)45-17-4-8-23-50(45)58-52)38-32-30-36(31-33-38)35-26-28-37(29-27-35)41-18-10-24-51-53(41)44-16-3-7-22-49(44)57-51/h1-34H. The van der Waals surface area contributed by atoms with E-state index in [4.69, 9.17) is 8.83 Å². The van der Waals surface area contributed by atoms with Crippen molar-refractivity contribution in [3.63, 3.8) is 0 Å². The Bertz CT molecular complexity index is 3460. The Labute approximate surface area is 334 Å². The molecule has 0 N–H and O–H groups in total. The summed E-state index contributed by atoms with van der Waals surface area (Å²) in [5.74, 6) is 0. The lowest BCUT2D eigenvalue weighted by Gasteiger charge is -2.27. The third-order valence-electron chi connectivity index (χ3n) is 11.6. The van der Waals surface area contributed by atoms with Gasteiger partial charge in [0.2, 0.25) is 0 Å². The van der Waals surface area contributed by atoms with Gasteiger partial charge in [-0.3, -0.25) is 0 Å². The zero-order valence-corrected chi connectivity index (χ0v) is 31.3. The van der Waals surface area contributed by atoms with E-state index in [2.05, 4.69) is 185 Å². The molecule has 0 saturated heterocycles. The quantitative estimate of drug-likeness (QED) is 0.170. The van der Waals surface area contributed by atoms with Crippen LogP contribution in [0.1, 0.15) is 0 Å². The van der Waals surface area contributed by atoms with Crippen LogP contribution in [0.2, 0.25) is 0 Å². The maximum atomic E-state index is 6.42. The maximum Gasteiger partial charge on any atom is 0.137 e. The van der Waals surface area contributed by atoms with Gasteiger partial charge in [0, 0.05) is 44.0 Å². The summed E-state index contributed by atoms with van der Waals surface area (Å²) in [6, 6.07) is 73.2. The highest BCUT2D eigenvalue weighted by Crippen LogP contribution is 2.44. The van der Waals surface area contributed by atoms with Crippen LogP contribution < -0.4 is 4.90 Å². The highest BCUT2D eigenvalue weighted by Gasteiger charge is 2.21. The van der Waals surface area contributed by atoms with Crippen LogP contribution in [0.5, 0.6) is 0 Å². The Morgan fingerprint density at radius 1 is 0.345 bits per heavy atom. The van der Waals surface area contributed by atoms with Gasteiger partial charge in [0.15, 0.2) is 0 Å². The van der Waals surface area contributed by atoms with Crippen LogP contribution in [0.3, 0.4) is 0 Å². The van der Waals surface area contributed by atoms with Crippen molar-refractivity contribution in [2.75, 3.05) is 4.90 Å². The third kappa shape index (κ3) is 5.02. The van der Waals surface area contributed by atoms with E-state index < -0.39 is 0 Å². The topological polar surface area (TPSA) is 34.5 Å². The van der Waals surface area contributed by atoms with Gasteiger partial charge in [-0.25, -0.2) is 0 Å². The van der Waals surface area contributed by atoms with E-state index >= 15 is 0 Å². The molecule has 0 bridgehead atoms. The highest BCUT2D eigenvalue weighted by atomic mass is 16.3. The highest BCUT2D eigenvalue weighted by molar-refractivity contribution is 6.14. The lowest BCUT2D eigenvalue weighted by molar-refractivity contribution is 0.668. The molecule has 58 heavy (non-hydrogen) atoms. The number of rotatable bonds is 6.